The molecule has 0 spiro atoms. The molecule has 1 saturated heterocycles. The lowest BCUT2D eigenvalue weighted by molar-refractivity contribution is 0.0373. The van der Waals surface area contributed by atoms with Crippen LogP contribution in [-0.2, 0) is 4.74 Å². The van der Waals surface area contributed by atoms with E-state index in [4.69, 9.17) is 4.74 Å². The Kier molecular flexibility index (Phi) is 5.46. The molecule has 0 unspecified atom stereocenters. The van der Waals surface area contributed by atoms with Gasteiger partial charge in [-0.15, -0.1) is 0 Å². The summed E-state index contributed by atoms with van der Waals surface area (Å²) >= 11 is 0. The van der Waals surface area contributed by atoms with Crippen molar-refractivity contribution < 1.29 is 4.74 Å². The van der Waals surface area contributed by atoms with Gasteiger partial charge < -0.3 is 10.1 Å². The third-order valence-corrected chi connectivity index (χ3v) is 4.53. The quantitative estimate of drug-likeness (QED) is 0.762. The van der Waals surface area contributed by atoms with E-state index in [0.717, 1.165) is 32.3 Å². The van der Waals surface area contributed by atoms with Gasteiger partial charge in [0.25, 0.3) is 0 Å². The van der Waals surface area contributed by atoms with Crippen LogP contribution < -0.4 is 5.32 Å². The molecule has 1 N–H and O–H groups in total. The van der Waals surface area contributed by atoms with E-state index < -0.39 is 0 Å². The summed E-state index contributed by atoms with van der Waals surface area (Å²) in [5.74, 6) is 0. The average molecular weight is 254 g/mol. The molecule has 0 aromatic rings. The molecule has 0 bridgehead atoms. The maximum atomic E-state index is 5.36. The Bertz CT molecular complexity index is 227. The number of nitrogens with one attached hydrogen (secondary N) is 1. The van der Waals surface area contributed by atoms with Crippen molar-refractivity contribution in [3.05, 3.63) is 0 Å². The van der Waals surface area contributed by atoms with E-state index in [2.05, 4.69) is 24.1 Å². The second-order valence-corrected chi connectivity index (χ2v) is 6.70. The van der Waals surface area contributed by atoms with Crippen molar-refractivity contribution in [1.82, 2.24) is 10.2 Å². The Labute approximate surface area is 112 Å². The molecule has 2 fully saturated rings. The van der Waals surface area contributed by atoms with E-state index in [1.807, 2.05) is 0 Å². The fraction of sp³-hybridized carbons (Fsp3) is 1.00. The van der Waals surface area contributed by atoms with Gasteiger partial charge in [-0.1, -0.05) is 13.8 Å². The molecular formula is C15H30N2O. The van der Waals surface area contributed by atoms with Crippen molar-refractivity contribution in [2.75, 3.05) is 39.4 Å². The van der Waals surface area contributed by atoms with E-state index in [1.165, 1.54) is 45.2 Å². The molecule has 1 saturated carbocycles. The summed E-state index contributed by atoms with van der Waals surface area (Å²) in [7, 11) is 0. The van der Waals surface area contributed by atoms with Gasteiger partial charge in [0.05, 0.1) is 13.2 Å². The summed E-state index contributed by atoms with van der Waals surface area (Å²) in [6.07, 6.45) is 6.78. The Balaban J connectivity index is 1.50. The van der Waals surface area contributed by atoms with Crippen molar-refractivity contribution in [2.45, 2.75) is 52.0 Å². The SMILES string of the molecule is CC1(C)CCC(NCCCN2CCOCC2)CC1. The first-order valence-corrected chi connectivity index (χ1v) is 7.69. The minimum absolute atomic E-state index is 0.589. The normalized spacial score (nSPS) is 26.3. The van der Waals surface area contributed by atoms with Crippen LogP contribution in [0.15, 0.2) is 0 Å². The molecule has 18 heavy (non-hydrogen) atoms. The maximum Gasteiger partial charge on any atom is 0.0594 e. The zero-order valence-electron chi connectivity index (χ0n) is 12.2. The third-order valence-electron chi connectivity index (χ3n) is 4.53. The Morgan fingerprint density at radius 2 is 1.83 bits per heavy atom. The number of hydrogen-bond donors (Lipinski definition) is 1. The molecule has 1 heterocycles. The number of ether oxygens (including phenoxy) is 1. The summed E-state index contributed by atoms with van der Waals surface area (Å²) in [4.78, 5) is 2.52. The van der Waals surface area contributed by atoms with Gasteiger partial charge >= 0.3 is 0 Å². The number of nitrogens with zero attached hydrogens (tertiary/aromatic N) is 1. The minimum atomic E-state index is 0.589. The van der Waals surface area contributed by atoms with Gasteiger partial charge in [0.15, 0.2) is 0 Å². The molecule has 1 aliphatic carbocycles. The zero-order chi connectivity index (χ0) is 12.8. The Morgan fingerprint density at radius 1 is 1.17 bits per heavy atom. The van der Waals surface area contributed by atoms with Gasteiger partial charge in [-0.3, -0.25) is 4.90 Å². The van der Waals surface area contributed by atoms with Gasteiger partial charge in [-0.2, -0.15) is 0 Å². The van der Waals surface area contributed by atoms with E-state index >= 15 is 0 Å². The van der Waals surface area contributed by atoms with Gasteiger partial charge in [0.1, 0.15) is 0 Å². The van der Waals surface area contributed by atoms with Crippen LogP contribution >= 0.6 is 0 Å². The summed E-state index contributed by atoms with van der Waals surface area (Å²) in [5.41, 5.74) is 0.589. The molecule has 1 aliphatic heterocycles. The second kappa shape index (κ2) is 6.88. The van der Waals surface area contributed by atoms with E-state index in [1.54, 1.807) is 0 Å². The molecular weight excluding hydrogens is 224 g/mol. The topological polar surface area (TPSA) is 24.5 Å². The third kappa shape index (κ3) is 4.87. The molecule has 3 heteroatoms. The molecule has 0 atom stereocenters. The fourth-order valence-electron chi connectivity index (χ4n) is 3.04. The van der Waals surface area contributed by atoms with Gasteiger partial charge in [0, 0.05) is 19.1 Å². The van der Waals surface area contributed by atoms with Crippen LogP contribution in [0.1, 0.15) is 46.0 Å². The maximum absolute atomic E-state index is 5.36. The predicted molar refractivity (Wildman–Crippen MR) is 75.9 cm³/mol. The van der Waals surface area contributed by atoms with Crippen molar-refractivity contribution in [3.63, 3.8) is 0 Å². The van der Waals surface area contributed by atoms with Crippen LogP contribution in [0, 0.1) is 5.41 Å². The average Bonchev–Trinajstić information content (AvgIpc) is 2.37. The number of morpholine rings is 1. The van der Waals surface area contributed by atoms with Crippen molar-refractivity contribution in [3.8, 4) is 0 Å². The van der Waals surface area contributed by atoms with E-state index in [-0.39, 0.29) is 0 Å². The largest absolute Gasteiger partial charge is 0.379 e. The number of hydrogen-bond acceptors (Lipinski definition) is 3. The van der Waals surface area contributed by atoms with Crippen molar-refractivity contribution >= 4 is 0 Å². The van der Waals surface area contributed by atoms with Crippen molar-refractivity contribution in [2.24, 2.45) is 5.41 Å². The molecule has 0 radical (unpaired) electrons. The minimum Gasteiger partial charge on any atom is -0.379 e. The highest BCUT2D eigenvalue weighted by Gasteiger charge is 2.26. The molecule has 0 aromatic heterocycles. The molecule has 2 rings (SSSR count). The van der Waals surface area contributed by atoms with Gasteiger partial charge in [0.2, 0.25) is 0 Å². The molecule has 106 valence electrons. The van der Waals surface area contributed by atoms with Gasteiger partial charge in [-0.25, -0.2) is 0 Å². The van der Waals surface area contributed by atoms with Gasteiger partial charge in [-0.05, 0) is 50.6 Å². The lowest BCUT2D eigenvalue weighted by Crippen LogP contribution is -2.39. The standard InChI is InChI=1S/C15H30N2O/c1-15(2)6-4-14(5-7-15)16-8-3-9-17-10-12-18-13-11-17/h14,16H,3-13H2,1-2H3. The fourth-order valence-corrected chi connectivity index (χ4v) is 3.04. The summed E-state index contributed by atoms with van der Waals surface area (Å²) in [6, 6.07) is 0.780. The molecule has 0 aromatic carbocycles. The lowest BCUT2D eigenvalue weighted by atomic mass is 9.75. The van der Waals surface area contributed by atoms with Crippen molar-refractivity contribution in [1.29, 1.82) is 0 Å². The van der Waals surface area contributed by atoms with Crippen LogP contribution in [0.25, 0.3) is 0 Å². The van der Waals surface area contributed by atoms with E-state index in [0.29, 0.717) is 5.41 Å². The first kappa shape index (κ1) is 14.3. The lowest BCUT2D eigenvalue weighted by Gasteiger charge is -2.35. The van der Waals surface area contributed by atoms with Crippen LogP contribution in [0.2, 0.25) is 0 Å². The van der Waals surface area contributed by atoms with Crippen LogP contribution in [-0.4, -0.2) is 50.3 Å². The van der Waals surface area contributed by atoms with E-state index in [9.17, 15) is 0 Å². The summed E-state index contributed by atoms with van der Waals surface area (Å²) in [6.45, 7) is 11.3. The monoisotopic (exact) mass is 254 g/mol. The second-order valence-electron chi connectivity index (χ2n) is 6.70. The predicted octanol–water partition coefficient (Wildman–Crippen LogP) is 2.27. The highest BCUT2D eigenvalue weighted by atomic mass is 16.5. The first-order valence-electron chi connectivity index (χ1n) is 7.69. The first-order chi connectivity index (χ1) is 8.66. The van der Waals surface area contributed by atoms with Crippen LogP contribution in [0.3, 0.4) is 0 Å². The molecule has 3 nitrogen and oxygen atoms in total. The Morgan fingerprint density at radius 3 is 2.50 bits per heavy atom. The summed E-state index contributed by atoms with van der Waals surface area (Å²) in [5, 5.41) is 3.74. The van der Waals surface area contributed by atoms with Crippen LogP contribution in [0.5, 0.6) is 0 Å². The molecule has 0 amide bonds. The zero-order valence-corrected chi connectivity index (χ0v) is 12.2. The Hall–Kier alpha value is -0.120. The smallest absolute Gasteiger partial charge is 0.0594 e. The number of rotatable bonds is 5. The molecule has 2 aliphatic rings. The highest BCUT2D eigenvalue weighted by molar-refractivity contribution is 4.82. The van der Waals surface area contributed by atoms with Crippen LogP contribution in [0.4, 0.5) is 0 Å². The highest BCUT2D eigenvalue weighted by Crippen LogP contribution is 2.34. The summed E-state index contributed by atoms with van der Waals surface area (Å²) < 4.78 is 5.36.